The van der Waals surface area contributed by atoms with Crippen LogP contribution >= 0.6 is 0 Å². The number of nitrogens with one attached hydrogen (secondary N) is 2. The van der Waals surface area contributed by atoms with Crippen molar-refractivity contribution in [3.8, 4) is 0 Å². The van der Waals surface area contributed by atoms with Crippen LogP contribution < -0.4 is 10.6 Å². The summed E-state index contributed by atoms with van der Waals surface area (Å²) in [6.07, 6.45) is 0.378. The zero-order valence-electron chi connectivity index (χ0n) is 16.7. The van der Waals surface area contributed by atoms with E-state index in [0.29, 0.717) is 6.54 Å². The van der Waals surface area contributed by atoms with E-state index in [1.807, 2.05) is 31.2 Å². The van der Waals surface area contributed by atoms with Gasteiger partial charge in [-0.3, -0.25) is 9.59 Å². The summed E-state index contributed by atoms with van der Waals surface area (Å²) in [6.45, 7) is 3.81. The summed E-state index contributed by atoms with van der Waals surface area (Å²) < 4.78 is 10.3. The average Bonchev–Trinajstić information content (AvgIpc) is 3.28. The summed E-state index contributed by atoms with van der Waals surface area (Å²) in [7, 11) is 0. The topological polar surface area (TPSA) is 97.6 Å². The highest BCUT2D eigenvalue weighted by atomic mass is 16.5. The molecule has 0 aliphatic carbocycles. The molecule has 2 N–H and O–H groups in total. The van der Waals surface area contributed by atoms with Crippen molar-refractivity contribution >= 4 is 23.5 Å². The van der Waals surface area contributed by atoms with Gasteiger partial charge in [0.15, 0.2) is 11.9 Å². The first-order valence-corrected chi connectivity index (χ1v) is 9.42. The Morgan fingerprint density at radius 3 is 2.43 bits per heavy atom. The molecular weight excluding hydrogens is 384 g/mol. The first-order chi connectivity index (χ1) is 14.4. The van der Waals surface area contributed by atoms with Gasteiger partial charge < -0.3 is 19.8 Å². The van der Waals surface area contributed by atoms with Gasteiger partial charge in [0, 0.05) is 6.54 Å². The lowest BCUT2D eigenvalue weighted by atomic mass is 10.1. The van der Waals surface area contributed by atoms with Gasteiger partial charge in [-0.25, -0.2) is 4.79 Å². The van der Waals surface area contributed by atoms with Gasteiger partial charge in [0.05, 0.1) is 17.5 Å². The van der Waals surface area contributed by atoms with Crippen molar-refractivity contribution in [1.29, 1.82) is 0 Å². The summed E-state index contributed by atoms with van der Waals surface area (Å²) in [5.41, 5.74) is 2.47. The number of esters is 1. The number of amides is 2. The number of benzene rings is 2. The Bertz CT molecular complexity index is 1030. The number of carbonyl (C=O) groups excluding carboxylic acids is 3. The molecule has 0 saturated carbocycles. The maximum atomic E-state index is 12.6. The van der Waals surface area contributed by atoms with E-state index in [2.05, 4.69) is 10.6 Å². The van der Waals surface area contributed by atoms with Crippen LogP contribution in [0.2, 0.25) is 0 Å². The van der Waals surface area contributed by atoms with Crippen LogP contribution in [0.5, 0.6) is 0 Å². The Labute approximate surface area is 174 Å². The largest absolute Gasteiger partial charge is 0.459 e. The number of hydrogen-bond donors (Lipinski definition) is 2. The normalized spacial score (nSPS) is 11.4. The summed E-state index contributed by atoms with van der Waals surface area (Å²) in [5, 5.41) is 5.36. The third-order valence-electron chi connectivity index (χ3n) is 4.38. The first kappa shape index (κ1) is 20.9. The number of hydrogen-bond acceptors (Lipinski definition) is 5. The molecule has 0 aliphatic rings. The van der Waals surface area contributed by atoms with Crippen LogP contribution in [0.15, 0.2) is 71.3 Å². The molecule has 3 aromatic rings. The van der Waals surface area contributed by atoms with Gasteiger partial charge in [-0.1, -0.05) is 42.0 Å². The number of rotatable bonds is 7. The summed E-state index contributed by atoms with van der Waals surface area (Å²) in [5.74, 6) is -1.52. The van der Waals surface area contributed by atoms with E-state index in [1.54, 1.807) is 24.3 Å². The minimum atomic E-state index is -1.00. The van der Waals surface area contributed by atoms with Gasteiger partial charge in [-0.15, -0.1) is 0 Å². The highest BCUT2D eigenvalue weighted by Gasteiger charge is 2.21. The first-order valence-electron chi connectivity index (χ1n) is 9.42. The Hall–Kier alpha value is -3.87. The number of anilines is 1. The molecule has 2 amide bonds. The second-order valence-electron chi connectivity index (χ2n) is 6.73. The molecule has 154 valence electrons. The van der Waals surface area contributed by atoms with E-state index in [4.69, 9.17) is 9.15 Å². The summed E-state index contributed by atoms with van der Waals surface area (Å²) in [4.78, 5) is 37.1. The Morgan fingerprint density at radius 1 is 1.00 bits per heavy atom. The monoisotopic (exact) mass is 406 g/mol. The lowest BCUT2D eigenvalue weighted by molar-refractivity contribution is -0.129. The zero-order valence-corrected chi connectivity index (χ0v) is 16.7. The van der Waals surface area contributed by atoms with Crippen LogP contribution in [0.4, 0.5) is 5.69 Å². The fourth-order valence-corrected chi connectivity index (χ4v) is 2.68. The van der Waals surface area contributed by atoms with Crippen molar-refractivity contribution in [3.63, 3.8) is 0 Å². The second-order valence-corrected chi connectivity index (χ2v) is 6.73. The third kappa shape index (κ3) is 5.35. The van der Waals surface area contributed by atoms with Crippen LogP contribution in [-0.4, -0.2) is 23.9 Å². The third-order valence-corrected chi connectivity index (χ3v) is 4.38. The molecule has 3 rings (SSSR count). The molecule has 7 heteroatoms. The van der Waals surface area contributed by atoms with E-state index in [9.17, 15) is 14.4 Å². The van der Waals surface area contributed by atoms with Gasteiger partial charge in [0.1, 0.15) is 0 Å². The molecule has 30 heavy (non-hydrogen) atoms. The predicted octanol–water partition coefficient (Wildman–Crippen LogP) is 3.70. The van der Waals surface area contributed by atoms with Crippen LogP contribution in [0.25, 0.3) is 0 Å². The van der Waals surface area contributed by atoms with E-state index < -0.39 is 23.9 Å². The lowest BCUT2D eigenvalue weighted by Gasteiger charge is -2.15. The van der Waals surface area contributed by atoms with Gasteiger partial charge in [-0.05, 0) is 43.7 Å². The predicted molar refractivity (Wildman–Crippen MR) is 111 cm³/mol. The van der Waals surface area contributed by atoms with Crippen molar-refractivity contribution in [1.82, 2.24) is 5.32 Å². The molecule has 0 fully saturated rings. The SMILES string of the molecule is Cc1ccc(CNC(=O)[C@@H](C)OC(=O)c2ccccc2NC(=O)c2ccco2)cc1. The number of ether oxygens (including phenoxy) is 1. The van der Waals surface area contributed by atoms with Crippen LogP contribution in [0.3, 0.4) is 0 Å². The van der Waals surface area contributed by atoms with Crippen molar-refractivity contribution in [2.24, 2.45) is 0 Å². The van der Waals surface area contributed by atoms with Gasteiger partial charge >= 0.3 is 5.97 Å². The van der Waals surface area contributed by atoms with Crippen molar-refractivity contribution in [2.75, 3.05) is 5.32 Å². The smallest absolute Gasteiger partial charge is 0.341 e. The Kier molecular flexibility index (Phi) is 6.64. The van der Waals surface area contributed by atoms with Crippen molar-refractivity contribution in [3.05, 3.63) is 89.4 Å². The molecule has 0 spiro atoms. The molecule has 2 aromatic carbocycles. The Balaban J connectivity index is 1.60. The van der Waals surface area contributed by atoms with Crippen LogP contribution in [0.1, 0.15) is 39.0 Å². The standard InChI is InChI=1S/C23H22N2O5/c1-15-9-11-17(12-10-15)14-24-21(26)16(2)30-23(28)18-6-3-4-7-19(18)25-22(27)20-8-5-13-29-20/h3-13,16H,14H2,1-2H3,(H,24,26)(H,25,27)/t16-/m1/s1. The lowest BCUT2D eigenvalue weighted by Crippen LogP contribution is -2.35. The van der Waals surface area contributed by atoms with Crippen molar-refractivity contribution < 1.29 is 23.5 Å². The minimum Gasteiger partial charge on any atom is -0.459 e. The van der Waals surface area contributed by atoms with E-state index in [-0.39, 0.29) is 17.0 Å². The number of carbonyl (C=O) groups is 3. The fraction of sp³-hybridized carbons (Fsp3) is 0.174. The Morgan fingerprint density at radius 2 is 1.73 bits per heavy atom. The number of aryl methyl sites for hydroxylation is 1. The van der Waals surface area contributed by atoms with Gasteiger partial charge in [0.2, 0.25) is 0 Å². The molecule has 0 radical (unpaired) electrons. The van der Waals surface area contributed by atoms with Crippen LogP contribution in [-0.2, 0) is 16.1 Å². The van der Waals surface area contributed by atoms with Gasteiger partial charge in [-0.2, -0.15) is 0 Å². The van der Waals surface area contributed by atoms with E-state index in [0.717, 1.165) is 11.1 Å². The van der Waals surface area contributed by atoms with Gasteiger partial charge in [0.25, 0.3) is 11.8 Å². The highest BCUT2D eigenvalue weighted by molar-refractivity contribution is 6.06. The summed E-state index contributed by atoms with van der Waals surface area (Å²) in [6, 6.07) is 17.2. The molecule has 0 unspecified atom stereocenters. The molecule has 1 aromatic heterocycles. The second kappa shape index (κ2) is 9.56. The molecule has 0 bridgehead atoms. The van der Waals surface area contributed by atoms with E-state index >= 15 is 0 Å². The number of para-hydroxylation sites is 1. The fourth-order valence-electron chi connectivity index (χ4n) is 2.68. The maximum absolute atomic E-state index is 12.6. The average molecular weight is 406 g/mol. The molecule has 1 atom stereocenters. The summed E-state index contributed by atoms with van der Waals surface area (Å²) >= 11 is 0. The number of furan rings is 1. The van der Waals surface area contributed by atoms with Crippen LogP contribution in [0, 0.1) is 6.92 Å². The molecular formula is C23H22N2O5. The molecule has 1 heterocycles. The van der Waals surface area contributed by atoms with Crippen molar-refractivity contribution in [2.45, 2.75) is 26.5 Å². The maximum Gasteiger partial charge on any atom is 0.341 e. The zero-order chi connectivity index (χ0) is 21.5. The highest BCUT2D eigenvalue weighted by Crippen LogP contribution is 2.18. The van der Waals surface area contributed by atoms with E-state index in [1.165, 1.54) is 25.3 Å². The minimum absolute atomic E-state index is 0.113. The molecule has 7 nitrogen and oxygen atoms in total. The quantitative estimate of drug-likeness (QED) is 0.583. The molecule has 0 aliphatic heterocycles. The molecule has 0 saturated heterocycles.